The smallest absolute Gasteiger partial charge is 0.0695 e. The van der Waals surface area contributed by atoms with Gasteiger partial charge < -0.3 is 5.32 Å². The molecule has 0 aromatic heterocycles. The van der Waals surface area contributed by atoms with Gasteiger partial charge in [-0.15, -0.1) is 0 Å². The molecule has 0 saturated carbocycles. The third kappa shape index (κ3) is 3.93. The van der Waals surface area contributed by atoms with Gasteiger partial charge in [0.05, 0.1) is 5.03 Å². The molecule has 0 saturated heterocycles. The van der Waals surface area contributed by atoms with Crippen LogP contribution in [-0.2, 0) is 0 Å². The van der Waals surface area contributed by atoms with E-state index in [9.17, 15) is 0 Å². The lowest BCUT2D eigenvalue weighted by Crippen LogP contribution is -2.09. The van der Waals surface area contributed by atoms with Crippen molar-refractivity contribution in [2.45, 2.75) is 33.6 Å². The monoisotopic (exact) mass is 235 g/mol. The average Bonchev–Trinajstić information content (AvgIpc) is 2.23. The summed E-state index contributed by atoms with van der Waals surface area (Å²) in [6.07, 6.45) is 6.53. The van der Waals surface area contributed by atoms with E-state index in [-0.39, 0.29) is 0 Å². The summed E-state index contributed by atoms with van der Waals surface area (Å²) in [6.45, 7) is 14.4. The molecule has 1 rings (SSSR count). The molecule has 0 fully saturated rings. The molecule has 88 valence electrons. The largest absolute Gasteiger partial charge is 0.354 e. The highest BCUT2D eigenvalue weighted by atomic mass is 32.2. The molecule has 0 spiro atoms. The van der Waals surface area contributed by atoms with Crippen LogP contribution in [0.4, 0.5) is 0 Å². The van der Waals surface area contributed by atoms with Crippen LogP contribution in [0.2, 0.25) is 0 Å². The van der Waals surface area contributed by atoms with E-state index in [2.05, 4.69) is 51.4 Å². The molecule has 1 unspecified atom stereocenters. The molecule has 1 aliphatic carbocycles. The molecule has 0 amide bonds. The summed E-state index contributed by atoms with van der Waals surface area (Å²) in [4.78, 5) is 1.41. The highest BCUT2D eigenvalue weighted by molar-refractivity contribution is 8.06. The first kappa shape index (κ1) is 13.2. The fourth-order valence-corrected chi connectivity index (χ4v) is 2.57. The van der Waals surface area contributed by atoms with Crippen molar-refractivity contribution in [2.24, 2.45) is 5.92 Å². The average molecular weight is 235 g/mol. The van der Waals surface area contributed by atoms with Crippen molar-refractivity contribution >= 4 is 11.8 Å². The highest BCUT2D eigenvalue weighted by Gasteiger charge is 2.12. The van der Waals surface area contributed by atoms with Gasteiger partial charge in [0, 0.05) is 5.70 Å². The maximum absolute atomic E-state index is 4.03. The number of hydrogen-bond acceptors (Lipinski definition) is 2. The second kappa shape index (κ2) is 6.00. The van der Waals surface area contributed by atoms with E-state index in [4.69, 9.17) is 0 Å². The summed E-state index contributed by atoms with van der Waals surface area (Å²) in [5.41, 5.74) is 2.38. The van der Waals surface area contributed by atoms with Crippen molar-refractivity contribution < 1.29 is 0 Å². The topological polar surface area (TPSA) is 12.0 Å². The zero-order valence-corrected chi connectivity index (χ0v) is 11.3. The zero-order chi connectivity index (χ0) is 12.1. The molecule has 0 aromatic rings. The van der Waals surface area contributed by atoms with Crippen LogP contribution in [0.3, 0.4) is 0 Å². The molecular weight excluding hydrogens is 214 g/mol. The van der Waals surface area contributed by atoms with Crippen LogP contribution in [-0.4, -0.2) is 0 Å². The number of thioether (sulfide) groups is 1. The van der Waals surface area contributed by atoms with E-state index >= 15 is 0 Å². The van der Waals surface area contributed by atoms with E-state index in [1.807, 2.05) is 0 Å². The lowest BCUT2D eigenvalue weighted by Gasteiger charge is -2.19. The molecule has 0 bridgehead atoms. The van der Waals surface area contributed by atoms with Gasteiger partial charge in [-0.3, -0.25) is 0 Å². The minimum atomic E-state index is 0.633. The first-order chi connectivity index (χ1) is 7.52. The van der Waals surface area contributed by atoms with Gasteiger partial charge in [0.15, 0.2) is 0 Å². The summed E-state index contributed by atoms with van der Waals surface area (Å²) in [7, 11) is 0. The van der Waals surface area contributed by atoms with Gasteiger partial charge in [-0.1, -0.05) is 50.9 Å². The fraction of sp³-hybridized carbons (Fsp3) is 0.429. The number of hydrogen-bond donors (Lipinski definition) is 1. The lowest BCUT2D eigenvalue weighted by atomic mass is 9.99. The van der Waals surface area contributed by atoms with Crippen molar-refractivity contribution in [2.75, 3.05) is 0 Å². The molecule has 1 N–H and O–H groups in total. The molecule has 1 aliphatic rings. The summed E-state index contributed by atoms with van der Waals surface area (Å²) in [5, 5.41) is 4.20. The Labute approximate surface area is 103 Å². The summed E-state index contributed by atoms with van der Waals surface area (Å²) >= 11 is 1.74. The Morgan fingerprint density at radius 2 is 2.25 bits per heavy atom. The van der Waals surface area contributed by atoms with E-state index in [0.29, 0.717) is 5.92 Å². The van der Waals surface area contributed by atoms with Crippen LogP contribution in [0.1, 0.15) is 33.6 Å². The van der Waals surface area contributed by atoms with Crippen molar-refractivity contribution in [3.05, 3.63) is 46.5 Å². The van der Waals surface area contributed by atoms with Crippen molar-refractivity contribution in [1.82, 2.24) is 5.32 Å². The van der Waals surface area contributed by atoms with Gasteiger partial charge >= 0.3 is 0 Å². The Hall–Kier alpha value is -0.890. The van der Waals surface area contributed by atoms with Gasteiger partial charge in [0.25, 0.3) is 0 Å². The molecular formula is C14H21NS. The van der Waals surface area contributed by atoms with E-state index in [0.717, 1.165) is 23.6 Å². The zero-order valence-electron chi connectivity index (χ0n) is 10.5. The Bertz CT molecular complexity index is 350. The Morgan fingerprint density at radius 1 is 1.56 bits per heavy atom. The van der Waals surface area contributed by atoms with Crippen LogP contribution >= 0.6 is 11.8 Å². The van der Waals surface area contributed by atoms with Crippen molar-refractivity contribution in [1.29, 1.82) is 0 Å². The predicted octanol–water partition coefficient (Wildman–Crippen LogP) is 4.57. The van der Waals surface area contributed by atoms with Crippen LogP contribution in [0.5, 0.6) is 0 Å². The van der Waals surface area contributed by atoms with Crippen LogP contribution in [0.15, 0.2) is 46.5 Å². The van der Waals surface area contributed by atoms with Crippen molar-refractivity contribution in [3.63, 3.8) is 0 Å². The summed E-state index contributed by atoms with van der Waals surface area (Å²) < 4.78 is 0. The first-order valence-corrected chi connectivity index (χ1v) is 6.54. The lowest BCUT2D eigenvalue weighted by molar-refractivity contribution is 0.723. The van der Waals surface area contributed by atoms with Crippen LogP contribution < -0.4 is 5.32 Å². The maximum atomic E-state index is 4.03. The third-order valence-electron chi connectivity index (χ3n) is 2.61. The Kier molecular flexibility index (Phi) is 4.94. The Balaban J connectivity index is 2.57. The van der Waals surface area contributed by atoms with E-state index in [1.54, 1.807) is 11.8 Å². The van der Waals surface area contributed by atoms with Gasteiger partial charge in [-0.05, 0) is 36.2 Å². The maximum Gasteiger partial charge on any atom is 0.0695 e. The molecule has 0 aliphatic heterocycles. The molecule has 0 heterocycles. The standard InChI is InChI=1S/C14H21NS/c1-6-12(4)15-13(5)16-14-9-10(2)7-8-11(14)3/h7-8,10,15H,4-6,9H2,1-3H3. The number of rotatable bonds is 5. The van der Waals surface area contributed by atoms with Gasteiger partial charge in [0.1, 0.15) is 0 Å². The molecule has 1 atom stereocenters. The highest BCUT2D eigenvalue weighted by Crippen LogP contribution is 2.34. The second-order valence-corrected chi connectivity index (χ2v) is 5.44. The third-order valence-corrected chi connectivity index (χ3v) is 3.69. The molecule has 0 radical (unpaired) electrons. The van der Waals surface area contributed by atoms with Crippen LogP contribution in [0.25, 0.3) is 0 Å². The Morgan fingerprint density at radius 3 is 2.88 bits per heavy atom. The first-order valence-electron chi connectivity index (χ1n) is 5.72. The van der Waals surface area contributed by atoms with E-state index < -0.39 is 0 Å². The SMILES string of the molecule is C=C(CC)NC(=C)SC1=C(C)C=CC(C)C1. The summed E-state index contributed by atoms with van der Waals surface area (Å²) in [6, 6.07) is 0. The normalized spacial score (nSPS) is 19.8. The quantitative estimate of drug-likeness (QED) is 0.749. The minimum absolute atomic E-state index is 0.633. The summed E-state index contributed by atoms with van der Waals surface area (Å²) in [5.74, 6) is 0.633. The van der Waals surface area contributed by atoms with Gasteiger partial charge in [-0.2, -0.15) is 0 Å². The van der Waals surface area contributed by atoms with E-state index in [1.165, 1.54) is 10.5 Å². The second-order valence-electron chi connectivity index (χ2n) is 4.25. The fourth-order valence-electron chi connectivity index (χ4n) is 1.50. The molecule has 2 heteroatoms. The minimum Gasteiger partial charge on any atom is -0.354 e. The predicted molar refractivity (Wildman–Crippen MR) is 74.9 cm³/mol. The number of nitrogens with one attached hydrogen (secondary N) is 1. The van der Waals surface area contributed by atoms with Crippen molar-refractivity contribution in [3.8, 4) is 0 Å². The molecule has 1 nitrogen and oxygen atoms in total. The molecule has 0 aromatic carbocycles. The number of allylic oxidation sites excluding steroid dienone is 5. The van der Waals surface area contributed by atoms with Crippen LogP contribution in [0, 0.1) is 5.92 Å². The van der Waals surface area contributed by atoms with Gasteiger partial charge in [-0.25, -0.2) is 0 Å². The van der Waals surface area contributed by atoms with Gasteiger partial charge in [0.2, 0.25) is 0 Å². The molecule has 16 heavy (non-hydrogen) atoms.